The van der Waals surface area contributed by atoms with Crippen molar-refractivity contribution < 1.29 is 9.47 Å². The lowest BCUT2D eigenvalue weighted by Gasteiger charge is -2.24. The Morgan fingerprint density at radius 3 is 2.81 bits per heavy atom. The standard InChI is InChI=1S/C12H26N2O2/c1-4-11-5-7-14(8-6-13-11)9-12(16-3)10-15-2/h11-13H,4-10H2,1-3H3. The zero-order valence-electron chi connectivity index (χ0n) is 10.9. The summed E-state index contributed by atoms with van der Waals surface area (Å²) in [4.78, 5) is 2.47. The van der Waals surface area contributed by atoms with Gasteiger partial charge in [-0.25, -0.2) is 0 Å². The van der Waals surface area contributed by atoms with Gasteiger partial charge in [-0.3, -0.25) is 4.90 Å². The summed E-state index contributed by atoms with van der Waals surface area (Å²) in [7, 11) is 3.48. The van der Waals surface area contributed by atoms with Crippen molar-refractivity contribution in [3.05, 3.63) is 0 Å². The number of nitrogens with one attached hydrogen (secondary N) is 1. The summed E-state index contributed by atoms with van der Waals surface area (Å²) in [6.07, 6.45) is 2.66. The third-order valence-electron chi connectivity index (χ3n) is 3.30. The number of hydrogen-bond acceptors (Lipinski definition) is 4. The molecule has 1 N–H and O–H groups in total. The van der Waals surface area contributed by atoms with Gasteiger partial charge in [-0.15, -0.1) is 0 Å². The van der Waals surface area contributed by atoms with Gasteiger partial charge in [0, 0.05) is 39.9 Å². The highest BCUT2D eigenvalue weighted by Crippen LogP contribution is 2.06. The van der Waals surface area contributed by atoms with Gasteiger partial charge in [0.25, 0.3) is 0 Å². The monoisotopic (exact) mass is 230 g/mol. The molecule has 1 rings (SSSR count). The number of rotatable bonds is 6. The first kappa shape index (κ1) is 13.9. The molecule has 1 aliphatic rings. The van der Waals surface area contributed by atoms with Crippen molar-refractivity contribution in [1.29, 1.82) is 0 Å². The van der Waals surface area contributed by atoms with Crippen LogP contribution in [-0.2, 0) is 9.47 Å². The summed E-state index contributed by atoms with van der Waals surface area (Å²) >= 11 is 0. The summed E-state index contributed by atoms with van der Waals surface area (Å²) in [5.74, 6) is 0. The molecule has 0 spiro atoms. The van der Waals surface area contributed by atoms with Gasteiger partial charge in [-0.1, -0.05) is 6.92 Å². The molecule has 2 atom stereocenters. The largest absolute Gasteiger partial charge is 0.382 e. The number of nitrogens with zero attached hydrogens (tertiary/aromatic N) is 1. The molecule has 0 saturated carbocycles. The van der Waals surface area contributed by atoms with E-state index in [2.05, 4.69) is 17.1 Å². The maximum atomic E-state index is 5.40. The van der Waals surface area contributed by atoms with E-state index in [0.29, 0.717) is 12.6 Å². The zero-order chi connectivity index (χ0) is 11.8. The van der Waals surface area contributed by atoms with E-state index in [1.807, 2.05) is 0 Å². The summed E-state index contributed by atoms with van der Waals surface area (Å²) in [5, 5.41) is 3.57. The van der Waals surface area contributed by atoms with Crippen LogP contribution in [0.2, 0.25) is 0 Å². The van der Waals surface area contributed by atoms with Gasteiger partial charge < -0.3 is 14.8 Å². The third-order valence-corrected chi connectivity index (χ3v) is 3.30. The van der Waals surface area contributed by atoms with E-state index < -0.39 is 0 Å². The lowest BCUT2D eigenvalue weighted by molar-refractivity contribution is 0.00705. The molecule has 4 heteroatoms. The molecule has 0 aromatic carbocycles. The van der Waals surface area contributed by atoms with E-state index in [9.17, 15) is 0 Å². The Bertz CT molecular complexity index is 178. The lowest BCUT2D eigenvalue weighted by atomic mass is 10.1. The molecule has 16 heavy (non-hydrogen) atoms. The van der Waals surface area contributed by atoms with Crippen molar-refractivity contribution in [3.63, 3.8) is 0 Å². The maximum absolute atomic E-state index is 5.40. The second kappa shape index (κ2) is 8.01. The molecular formula is C12H26N2O2. The molecular weight excluding hydrogens is 204 g/mol. The van der Waals surface area contributed by atoms with Crippen LogP contribution in [0.1, 0.15) is 19.8 Å². The van der Waals surface area contributed by atoms with Crippen LogP contribution in [-0.4, -0.2) is 64.1 Å². The first-order valence-corrected chi connectivity index (χ1v) is 6.27. The highest BCUT2D eigenvalue weighted by atomic mass is 16.5. The summed E-state index contributed by atoms with van der Waals surface area (Å²) in [6.45, 7) is 7.26. The van der Waals surface area contributed by atoms with Crippen LogP contribution in [0, 0.1) is 0 Å². The molecule has 0 bridgehead atoms. The van der Waals surface area contributed by atoms with Gasteiger partial charge in [0.1, 0.15) is 0 Å². The van der Waals surface area contributed by atoms with Crippen LogP contribution in [0.3, 0.4) is 0 Å². The van der Waals surface area contributed by atoms with Gasteiger partial charge in [-0.2, -0.15) is 0 Å². The number of ether oxygens (including phenoxy) is 2. The van der Waals surface area contributed by atoms with Crippen molar-refractivity contribution in [2.45, 2.75) is 31.9 Å². The number of methoxy groups -OCH3 is 2. The van der Waals surface area contributed by atoms with Crippen LogP contribution in [0.25, 0.3) is 0 Å². The molecule has 0 aromatic rings. The van der Waals surface area contributed by atoms with Crippen LogP contribution in [0.4, 0.5) is 0 Å². The lowest BCUT2D eigenvalue weighted by Crippen LogP contribution is -2.37. The molecule has 0 amide bonds. The summed E-state index contributed by atoms with van der Waals surface area (Å²) in [6, 6.07) is 0.688. The highest BCUT2D eigenvalue weighted by molar-refractivity contribution is 4.75. The minimum absolute atomic E-state index is 0.197. The van der Waals surface area contributed by atoms with Crippen LogP contribution < -0.4 is 5.32 Å². The fraction of sp³-hybridized carbons (Fsp3) is 1.00. The maximum Gasteiger partial charge on any atom is 0.0931 e. The van der Waals surface area contributed by atoms with E-state index in [1.54, 1.807) is 14.2 Å². The van der Waals surface area contributed by atoms with E-state index in [1.165, 1.54) is 12.8 Å². The highest BCUT2D eigenvalue weighted by Gasteiger charge is 2.18. The molecule has 4 nitrogen and oxygen atoms in total. The van der Waals surface area contributed by atoms with Gasteiger partial charge in [0.2, 0.25) is 0 Å². The average molecular weight is 230 g/mol. The molecule has 0 radical (unpaired) electrons. The van der Waals surface area contributed by atoms with Crippen LogP contribution in [0.15, 0.2) is 0 Å². The molecule has 0 aromatic heterocycles. The Labute approximate surface area is 99.3 Å². The molecule has 1 heterocycles. The number of hydrogen-bond donors (Lipinski definition) is 1. The van der Waals surface area contributed by atoms with Crippen molar-refractivity contribution in [1.82, 2.24) is 10.2 Å². The zero-order valence-corrected chi connectivity index (χ0v) is 10.9. The Morgan fingerprint density at radius 2 is 2.19 bits per heavy atom. The van der Waals surface area contributed by atoms with E-state index in [4.69, 9.17) is 9.47 Å². The molecule has 0 aliphatic carbocycles. The molecule has 2 unspecified atom stereocenters. The van der Waals surface area contributed by atoms with E-state index >= 15 is 0 Å². The smallest absolute Gasteiger partial charge is 0.0931 e. The van der Waals surface area contributed by atoms with Crippen molar-refractivity contribution >= 4 is 0 Å². The minimum Gasteiger partial charge on any atom is -0.382 e. The van der Waals surface area contributed by atoms with Crippen molar-refractivity contribution in [2.75, 3.05) is 47.0 Å². The summed E-state index contributed by atoms with van der Waals surface area (Å²) < 4.78 is 10.5. The van der Waals surface area contributed by atoms with Gasteiger partial charge >= 0.3 is 0 Å². The van der Waals surface area contributed by atoms with Gasteiger partial charge in [0.05, 0.1) is 12.7 Å². The Hall–Kier alpha value is -0.160. The molecule has 96 valence electrons. The Kier molecular flexibility index (Phi) is 6.96. The third kappa shape index (κ3) is 4.78. The normalized spacial score (nSPS) is 25.3. The molecule has 1 saturated heterocycles. The average Bonchev–Trinajstić information content (AvgIpc) is 2.53. The Balaban J connectivity index is 2.30. The minimum atomic E-state index is 0.197. The topological polar surface area (TPSA) is 33.7 Å². The first-order valence-electron chi connectivity index (χ1n) is 6.27. The Morgan fingerprint density at radius 1 is 1.38 bits per heavy atom. The van der Waals surface area contributed by atoms with Gasteiger partial charge in [0.15, 0.2) is 0 Å². The predicted octanol–water partition coefficient (Wildman–Crippen LogP) is 0.722. The molecule has 1 fully saturated rings. The fourth-order valence-electron chi connectivity index (χ4n) is 2.18. The van der Waals surface area contributed by atoms with Crippen molar-refractivity contribution in [2.24, 2.45) is 0 Å². The van der Waals surface area contributed by atoms with Crippen molar-refractivity contribution in [3.8, 4) is 0 Å². The quantitative estimate of drug-likeness (QED) is 0.729. The summed E-state index contributed by atoms with van der Waals surface area (Å²) in [5.41, 5.74) is 0. The second-order valence-corrected chi connectivity index (χ2v) is 4.46. The van der Waals surface area contributed by atoms with E-state index in [-0.39, 0.29) is 6.10 Å². The van der Waals surface area contributed by atoms with Crippen LogP contribution >= 0.6 is 0 Å². The SMILES string of the molecule is CCC1CCN(CC(COC)OC)CCN1. The fourth-order valence-corrected chi connectivity index (χ4v) is 2.18. The first-order chi connectivity index (χ1) is 7.80. The molecule has 1 aliphatic heterocycles. The van der Waals surface area contributed by atoms with Gasteiger partial charge in [-0.05, 0) is 19.4 Å². The second-order valence-electron chi connectivity index (χ2n) is 4.46. The predicted molar refractivity (Wildman–Crippen MR) is 65.8 cm³/mol. The van der Waals surface area contributed by atoms with E-state index in [0.717, 1.165) is 26.2 Å². The van der Waals surface area contributed by atoms with Crippen LogP contribution in [0.5, 0.6) is 0 Å².